The number of benzene rings is 1. The zero-order valence-corrected chi connectivity index (χ0v) is 13.7. The normalized spacial score (nSPS) is 10.9. The van der Waals surface area contributed by atoms with E-state index in [1.807, 2.05) is 13.0 Å². The minimum atomic E-state index is 0.239. The summed E-state index contributed by atoms with van der Waals surface area (Å²) >= 11 is 3.50. The second kappa shape index (κ2) is 5.79. The second-order valence-corrected chi connectivity index (χ2v) is 6.15. The topological polar surface area (TPSA) is 63.8 Å². The van der Waals surface area contributed by atoms with Gasteiger partial charge in [-0.25, -0.2) is 9.97 Å². The molecule has 1 heterocycles. The summed E-state index contributed by atoms with van der Waals surface area (Å²) in [6.07, 6.45) is 0. The van der Waals surface area contributed by atoms with Gasteiger partial charge in [0.2, 0.25) is 0 Å². The predicted molar refractivity (Wildman–Crippen MR) is 87.4 cm³/mol. The molecule has 2 aromatic rings. The van der Waals surface area contributed by atoms with Crippen LogP contribution in [0.1, 0.15) is 36.7 Å². The molecule has 0 radical (unpaired) electrons. The smallest absolute Gasteiger partial charge is 0.139 e. The highest BCUT2D eigenvalue weighted by atomic mass is 79.9. The molecular formula is C15H19BrN4. The zero-order valence-electron chi connectivity index (χ0n) is 12.2. The Balaban J connectivity index is 2.42. The van der Waals surface area contributed by atoms with Gasteiger partial charge in [-0.1, -0.05) is 29.8 Å². The molecule has 0 amide bonds. The molecule has 0 fully saturated rings. The quantitative estimate of drug-likeness (QED) is 0.877. The minimum Gasteiger partial charge on any atom is -0.383 e. The van der Waals surface area contributed by atoms with Crippen molar-refractivity contribution in [3.05, 3.63) is 39.6 Å². The number of rotatable bonds is 3. The summed E-state index contributed by atoms with van der Waals surface area (Å²) < 4.78 is 1.03. The first-order valence-corrected chi connectivity index (χ1v) is 7.34. The predicted octanol–water partition coefficient (Wildman–Crippen LogP) is 4.31. The summed E-state index contributed by atoms with van der Waals surface area (Å²) in [5.74, 6) is 2.28. The molecule has 0 atom stereocenters. The van der Waals surface area contributed by atoms with Crippen LogP contribution >= 0.6 is 15.9 Å². The largest absolute Gasteiger partial charge is 0.383 e. The third kappa shape index (κ3) is 3.28. The molecular weight excluding hydrogens is 316 g/mol. The Kier molecular flexibility index (Phi) is 4.28. The van der Waals surface area contributed by atoms with Crippen LogP contribution in [0, 0.1) is 13.8 Å². The molecule has 4 nitrogen and oxygen atoms in total. The molecule has 5 heteroatoms. The number of nitrogens with two attached hydrogens (primary N) is 1. The Labute approximate surface area is 128 Å². The fourth-order valence-electron chi connectivity index (χ4n) is 1.88. The Morgan fingerprint density at radius 1 is 1.15 bits per heavy atom. The first kappa shape index (κ1) is 14.8. The van der Waals surface area contributed by atoms with Gasteiger partial charge in [0.05, 0.1) is 0 Å². The number of nitrogen functional groups attached to an aromatic ring is 1. The van der Waals surface area contributed by atoms with E-state index in [1.165, 1.54) is 5.56 Å². The molecule has 0 bridgehead atoms. The van der Waals surface area contributed by atoms with Crippen LogP contribution in [0.4, 0.5) is 17.3 Å². The van der Waals surface area contributed by atoms with Crippen LogP contribution in [0.25, 0.3) is 0 Å². The zero-order chi connectivity index (χ0) is 14.9. The number of anilines is 3. The number of halogens is 1. The van der Waals surface area contributed by atoms with E-state index in [0.717, 1.165) is 27.4 Å². The van der Waals surface area contributed by atoms with Gasteiger partial charge in [-0.2, -0.15) is 0 Å². The third-order valence-corrected chi connectivity index (χ3v) is 3.48. The monoisotopic (exact) mass is 334 g/mol. The van der Waals surface area contributed by atoms with Crippen molar-refractivity contribution in [3.8, 4) is 0 Å². The Morgan fingerprint density at radius 3 is 2.45 bits per heavy atom. The van der Waals surface area contributed by atoms with E-state index in [4.69, 9.17) is 5.73 Å². The molecule has 3 N–H and O–H groups in total. The van der Waals surface area contributed by atoms with Gasteiger partial charge in [0.15, 0.2) is 0 Å². The van der Waals surface area contributed by atoms with Crippen molar-refractivity contribution in [3.63, 3.8) is 0 Å². The highest BCUT2D eigenvalue weighted by molar-refractivity contribution is 9.10. The minimum absolute atomic E-state index is 0.239. The number of aromatic nitrogens is 2. The number of aryl methyl sites for hydroxylation is 1. The van der Waals surface area contributed by atoms with Gasteiger partial charge in [-0.05, 0) is 37.6 Å². The summed E-state index contributed by atoms with van der Waals surface area (Å²) in [5, 5.41) is 3.33. The van der Waals surface area contributed by atoms with Gasteiger partial charge >= 0.3 is 0 Å². The fourth-order valence-corrected chi connectivity index (χ4v) is 2.48. The molecule has 2 rings (SSSR count). The van der Waals surface area contributed by atoms with Gasteiger partial charge in [0, 0.05) is 21.6 Å². The van der Waals surface area contributed by atoms with Crippen LogP contribution in [0.3, 0.4) is 0 Å². The SMILES string of the molecule is Cc1cc(Br)cc(Nc2nc(C(C)C)nc(N)c2C)c1. The second-order valence-electron chi connectivity index (χ2n) is 5.24. The van der Waals surface area contributed by atoms with Crippen molar-refractivity contribution >= 4 is 33.3 Å². The summed E-state index contributed by atoms with van der Waals surface area (Å²) in [7, 11) is 0. The van der Waals surface area contributed by atoms with E-state index in [2.05, 4.69) is 64.1 Å². The van der Waals surface area contributed by atoms with Crippen LogP contribution in [0.5, 0.6) is 0 Å². The van der Waals surface area contributed by atoms with Gasteiger partial charge in [0.25, 0.3) is 0 Å². The number of hydrogen-bond donors (Lipinski definition) is 2. The number of hydrogen-bond acceptors (Lipinski definition) is 4. The molecule has 0 aliphatic heterocycles. The van der Waals surface area contributed by atoms with Gasteiger partial charge in [0.1, 0.15) is 17.5 Å². The van der Waals surface area contributed by atoms with E-state index in [0.29, 0.717) is 5.82 Å². The molecule has 0 aliphatic carbocycles. The molecule has 0 unspecified atom stereocenters. The lowest BCUT2D eigenvalue weighted by atomic mass is 10.2. The first-order chi connectivity index (χ1) is 9.36. The first-order valence-electron chi connectivity index (χ1n) is 6.55. The van der Waals surface area contributed by atoms with E-state index < -0.39 is 0 Å². The van der Waals surface area contributed by atoms with Gasteiger partial charge in [-0.3, -0.25) is 0 Å². The Bertz CT molecular complexity index is 618. The number of nitrogens with zero attached hydrogens (tertiary/aromatic N) is 2. The van der Waals surface area contributed by atoms with E-state index >= 15 is 0 Å². The molecule has 0 saturated carbocycles. The molecule has 0 saturated heterocycles. The average molecular weight is 335 g/mol. The number of nitrogens with one attached hydrogen (secondary N) is 1. The standard InChI is InChI=1S/C15H19BrN4/c1-8(2)14-19-13(17)10(4)15(20-14)18-12-6-9(3)5-11(16)7-12/h5-8H,1-4H3,(H3,17,18,19,20). The maximum absolute atomic E-state index is 5.97. The van der Waals surface area contributed by atoms with Crippen molar-refractivity contribution < 1.29 is 0 Å². The van der Waals surface area contributed by atoms with Crippen molar-refractivity contribution in [2.75, 3.05) is 11.1 Å². The third-order valence-electron chi connectivity index (χ3n) is 3.02. The maximum Gasteiger partial charge on any atom is 0.139 e. The van der Waals surface area contributed by atoms with E-state index in [1.54, 1.807) is 0 Å². The lowest BCUT2D eigenvalue weighted by Crippen LogP contribution is -2.08. The van der Waals surface area contributed by atoms with Crippen molar-refractivity contribution in [1.82, 2.24) is 9.97 Å². The van der Waals surface area contributed by atoms with Crippen molar-refractivity contribution in [2.45, 2.75) is 33.6 Å². The summed E-state index contributed by atoms with van der Waals surface area (Å²) in [4.78, 5) is 8.90. The van der Waals surface area contributed by atoms with Crippen LogP contribution in [0.15, 0.2) is 22.7 Å². The summed E-state index contributed by atoms with van der Waals surface area (Å²) in [6, 6.07) is 6.14. The Morgan fingerprint density at radius 2 is 1.85 bits per heavy atom. The van der Waals surface area contributed by atoms with Crippen LogP contribution in [-0.2, 0) is 0 Å². The average Bonchev–Trinajstić information content (AvgIpc) is 2.33. The summed E-state index contributed by atoms with van der Waals surface area (Å²) in [5.41, 5.74) is 8.99. The molecule has 106 valence electrons. The molecule has 0 aliphatic rings. The lowest BCUT2D eigenvalue weighted by molar-refractivity contribution is 0.776. The van der Waals surface area contributed by atoms with Crippen molar-refractivity contribution in [2.24, 2.45) is 0 Å². The molecule has 1 aromatic heterocycles. The molecule has 1 aromatic carbocycles. The van der Waals surface area contributed by atoms with Crippen LogP contribution < -0.4 is 11.1 Å². The Hall–Kier alpha value is -1.62. The summed E-state index contributed by atoms with van der Waals surface area (Å²) in [6.45, 7) is 8.08. The lowest BCUT2D eigenvalue weighted by Gasteiger charge is -2.14. The van der Waals surface area contributed by atoms with Gasteiger partial charge in [-0.15, -0.1) is 0 Å². The molecule has 20 heavy (non-hydrogen) atoms. The maximum atomic E-state index is 5.97. The van der Waals surface area contributed by atoms with Crippen LogP contribution in [0.2, 0.25) is 0 Å². The highest BCUT2D eigenvalue weighted by Gasteiger charge is 2.11. The molecule has 0 spiro atoms. The van der Waals surface area contributed by atoms with Crippen LogP contribution in [-0.4, -0.2) is 9.97 Å². The fraction of sp³-hybridized carbons (Fsp3) is 0.333. The van der Waals surface area contributed by atoms with Gasteiger partial charge < -0.3 is 11.1 Å². The van der Waals surface area contributed by atoms with E-state index in [9.17, 15) is 0 Å². The highest BCUT2D eigenvalue weighted by Crippen LogP contribution is 2.26. The van der Waals surface area contributed by atoms with E-state index in [-0.39, 0.29) is 5.92 Å². The van der Waals surface area contributed by atoms with Crippen molar-refractivity contribution in [1.29, 1.82) is 0 Å².